The van der Waals surface area contributed by atoms with Gasteiger partial charge in [0.25, 0.3) is 0 Å². The highest BCUT2D eigenvalue weighted by Gasteiger charge is 2.67. The van der Waals surface area contributed by atoms with Crippen molar-refractivity contribution in [3.63, 3.8) is 0 Å². The van der Waals surface area contributed by atoms with Crippen molar-refractivity contribution in [2.24, 2.45) is 34.5 Å². The summed E-state index contributed by atoms with van der Waals surface area (Å²) >= 11 is 0. The van der Waals surface area contributed by atoms with Gasteiger partial charge in [0.05, 0.1) is 32.8 Å². The van der Waals surface area contributed by atoms with Crippen molar-refractivity contribution in [2.45, 2.75) is 136 Å². The maximum Gasteiger partial charge on any atom is 0.306 e. The third-order valence-electron chi connectivity index (χ3n) is 14.2. The molecule has 6 fully saturated rings. The Labute approximate surface area is 277 Å². The first-order valence-electron chi connectivity index (χ1n) is 18.2. The summed E-state index contributed by atoms with van der Waals surface area (Å²) in [5.41, 5.74) is 0.313. The van der Waals surface area contributed by atoms with Gasteiger partial charge in [0.1, 0.15) is 12.1 Å². The van der Waals surface area contributed by atoms with Crippen LogP contribution in [-0.4, -0.2) is 91.6 Å². The maximum atomic E-state index is 13.2. The number of fused-ring (bicyclic) bond motifs is 5. The van der Waals surface area contributed by atoms with E-state index in [2.05, 4.69) is 32.6 Å². The van der Waals surface area contributed by atoms with E-state index in [1.807, 2.05) is 0 Å². The molecule has 44 heavy (non-hydrogen) atoms. The molecule has 6 aliphatic rings. The van der Waals surface area contributed by atoms with Crippen LogP contribution in [-0.2, 0) is 23.8 Å². The zero-order valence-electron chi connectivity index (χ0n) is 28.4. The Balaban J connectivity index is 0.00000384. The summed E-state index contributed by atoms with van der Waals surface area (Å²) in [6.45, 7) is 18.3. The fraction of sp³-hybridized carbons (Fsp3) is 0.944. The van der Waals surface area contributed by atoms with Crippen LogP contribution in [0.5, 0.6) is 0 Å². The number of likely N-dealkylation sites (tertiary alicyclic amines) is 1. The lowest BCUT2D eigenvalue weighted by molar-refractivity contribution is -0.956. The van der Waals surface area contributed by atoms with Gasteiger partial charge in [-0.05, 0) is 100 Å². The number of morpholine rings is 1. The second-order valence-corrected chi connectivity index (χ2v) is 16.0. The number of carbonyl (C=O) groups is 2. The molecule has 0 bridgehead atoms. The Morgan fingerprint density at radius 2 is 1.66 bits per heavy atom. The molecule has 252 valence electrons. The highest BCUT2D eigenvalue weighted by atomic mass is 79.9. The lowest BCUT2D eigenvalue weighted by Gasteiger charge is -2.62. The second kappa shape index (κ2) is 13.8. The topological polar surface area (TPSA) is 65.1 Å². The molecule has 0 aromatic rings. The van der Waals surface area contributed by atoms with Gasteiger partial charge in [-0.1, -0.05) is 20.8 Å². The SMILES string of the molecule is CCCC(=O)OC1C([N+]2(CC)CCCCC2)C[C@H]2[C@@H]3CCC4CC(OC(C)=O)C(N5CCOCC5)C[C@]4(C)[C@@H]3CC[C@]12C.[Br-]. The molecule has 2 heterocycles. The number of quaternary nitrogens is 1. The zero-order chi connectivity index (χ0) is 30.4. The molecule has 4 aliphatic carbocycles. The van der Waals surface area contributed by atoms with Gasteiger partial charge in [-0.2, -0.15) is 0 Å². The van der Waals surface area contributed by atoms with E-state index in [4.69, 9.17) is 14.2 Å². The molecule has 6 rings (SSSR count). The molecule has 0 radical (unpaired) electrons. The number of rotatable bonds is 7. The quantitative estimate of drug-likeness (QED) is 0.305. The van der Waals surface area contributed by atoms with Gasteiger partial charge >= 0.3 is 11.9 Å². The Bertz CT molecular complexity index is 1010. The van der Waals surface area contributed by atoms with E-state index in [9.17, 15) is 9.59 Å². The van der Waals surface area contributed by atoms with Crippen molar-refractivity contribution in [1.29, 1.82) is 0 Å². The van der Waals surface area contributed by atoms with Crippen molar-refractivity contribution in [3.8, 4) is 0 Å². The first-order chi connectivity index (χ1) is 20.6. The van der Waals surface area contributed by atoms with E-state index in [0.29, 0.717) is 36.1 Å². The Hall–Kier alpha value is -0.700. The Morgan fingerprint density at radius 1 is 0.932 bits per heavy atom. The van der Waals surface area contributed by atoms with Crippen LogP contribution in [0.15, 0.2) is 0 Å². The number of esters is 2. The standard InChI is InChI=1S/C36H61N2O5.BrH/c1-6-11-33(40)43-34-31(38(7-2)18-9-8-10-19-38)23-29-27-13-12-26-22-32(42-25(3)39)30(37-16-20-41-21-17-37)24-36(26,5)28(27)14-15-35(29,34)4;/h26-32,34H,6-24H2,1-5H3;1H/q+1;/p-1/t26?,27-,28-,29+,30?,31?,32?,34?,35+,36+;/m1./s1. The molecule has 2 aliphatic heterocycles. The number of carbonyl (C=O) groups excluding carboxylic acids is 2. The van der Waals surface area contributed by atoms with E-state index in [1.165, 1.54) is 64.5 Å². The van der Waals surface area contributed by atoms with Gasteiger partial charge in [0, 0.05) is 44.3 Å². The molecule has 0 spiro atoms. The van der Waals surface area contributed by atoms with Gasteiger partial charge in [0.2, 0.25) is 0 Å². The molecule has 5 unspecified atom stereocenters. The highest BCUT2D eigenvalue weighted by Crippen LogP contribution is 2.67. The van der Waals surface area contributed by atoms with E-state index in [0.717, 1.165) is 56.6 Å². The maximum absolute atomic E-state index is 13.2. The summed E-state index contributed by atoms with van der Waals surface area (Å²) in [5.74, 6) is 2.49. The summed E-state index contributed by atoms with van der Waals surface area (Å²) in [5, 5.41) is 0. The van der Waals surface area contributed by atoms with Crippen LogP contribution in [0.2, 0.25) is 0 Å². The van der Waals surface area contributed by atoms with Gasteiger partial charge in [0.15, 0.2) is 6.10 Å². The average molecular weight is 682 g/mol. The van der Waals surface area contributed by atoms with E-state index in [-0.39, 0.29) is 58.0 Å². The molecular weight excluding hydrogens is 620 g/mol. The van der Waals surface area contributed by atoms with Gasteiger partial charge in [-0.25, -0.2) is 0 Å². The summed E-state index contributed by atoms with van der Waals surface area (Å²) < 4.78 is 19.6. The number of nitrogens with zero attached hydrogens (tertiary/aromatic N) is 2. The number of hydrogen-bond donors (Lipinski definition) is 0. The van der Waals surface area contributed by atoms with E-state index >= 15 is 0 Å². The minimum atomic E-state index is -0.139. The summed E-state index contributed by atoms with van der Waals surface area (Å²) in [4.78, 5) is 28.0. The van der Waals surface area contributed by atoms with Gasteiger partial charge in [-0.3, -0.25) is 14.5 Å². The summed E-state index contributed by atoms with van der Waals surface area (Å²) in [6.07, 6.45) is 13.6. The van der Waals surface area contributed by atoms with Crippen molar-refractivity contribution < 1.29 is 45.3 Å². The number of hydrogen-bond acceptors (Lipinski definition) is 6. The lowest BCUT2D eigenvalue weighted by atomic mass is 9.44. The minimum Gasteiger partial charge on any atom is -1.00 e. The molecule has 4 saturated carbocycles. The van der Waals surface area contributed by atoms with Crippen LogP contribution in [0.25, 0.3) is 0 Å². The zero-order valence-corrected chi connectivity index (χ0v) is 30.0. The molecule has 7 nitrogen and oxygen atoms in total. The van der Waals surface area contributed by atoms with Crippen LogP contribution < -0.4 is 17.0 Å². The fourth-order valence-corrected chi connectivity index (χ4v) is 12.0. The van der Waals surface area contributed by atoms with Crippen LogP contribution in [0.3, 0.4) is 0 Å². The Kier molecular flexibility index (Phi) is 10.9. The van der Waals surface area contributed by atoms with Crippen molar-refractivity contribution in [2.75, 3.05) is 45.9 Å². The predicted molar refractivity (Wildman–Crippen MR) is 167 cm³/mol. The summed E-state index contributed by atoms with van der Waals surface area (Å²) in [6, 6.07) is 0.716. The monoisotopic (exact) mass is 680 g/mol. The number of ether oxygens (including phenoxy) is 3. The number of piperidine rings is 1. The van der Waals surface area contributed by atoms with Gasteiger partial charge < -0.3 is 35.7 Å². The molecule has 0 amide bonds. The smallest absolute Gasteiger partial charge is 0.306 e. The molecule has 0 aromatic carbocycles. The van der Waals surface area contributed by atoms with Crippen LogP contribution >= 0.6 is 0 Å². The van der Waals surface area contributed by atoms with Gasteiger partial charge in [-0.15, -0.1) is 0 Å². The summed E-state index contributed by atoms with van der Waals surface area (Å²) in [7, 11) is 0. The fourth-order valence-electron chi connectivity index (χ4n) is 12.0. The van der Waals surface area contributed by atoms with Crippen LogP contribution in [0.4, 0.5) is 0 Å². The van der Waals surface area contributed by atoms with Crippen molar-refractivity contribution >= 4 is 11.9 Å². The average Bonchev–Trinajstić information content (AvgIpc) is 3.30. The minimum absolute atomic E-state index is 0. The second-order valence-electron chi connectivity index (χ2n) is 16.0. The van der Waals surface area contributed by atoms with E-state index in [1.54, 1.807) is 6.92 Å². The highest BCUT2D eigenvalue weighted by molar-refractivity contribution is 5.69. The molecular formula is C36H61BrN2O5. The van der Waals surface area contributed by atoms with Crippen molar-refractivity contribution in [3.05, 3.63) is 0 Å². The van der Waals surface area contributed by atoms with Crippen molar-refractivity contribution in [1.82, 2.24) is 4.90 Å². The van der Waals surface area contributed by atoms with Crippen LogP contribution in [0.1, 0.15) is 112 Å². The van der Waals surface area contributed by atoms with E-state index < -0.39 is 0 Å². The first kappa shape index (κ1) is 34.6. The third kappa shape index (κ3) is 6.05. The number of likely N-dealkylation sites (N-methyl/N-ethyl adjacent to an activating group) is 1. The lowest BCUT2D eigenvalue weighted by Crippen LogP contribution is -3.00. The molecule has 2 saturated heterocycles. The largest absolute Gasteiger partial charge is 1.00 e. The predicted octanol–water partition coefficient (Wildman–Crippen LogP) is 2.99. The molecule has 0 N–H and O–H groups in total. The Morgan fingerprint density at radius 3 is 2.32 bits per heavy atom. The first-order valence-corrected chi connectivity index (χ1v) is 18.2. The molecule has 0 aromatic heterocycles. The molecule has 8 heteroatoms. The normalized spacial score (nSPS) is 43.5. The van der Waals surface area contributed by atoms with Crippen LogP contribution in [0, 0.1) is 34.5 Å². The molecule has 10 atom stereocenters. The third-order valence-corrected chi connectivity index (χ3v) is 14.2. The number of halogens is 1.